The monoisotopic (exact) mass is 357 g/mol. The predicted octanol–water partition coefficient (Wildman–Crippen LogP) is 1.04. The number of nitrogens with zero attached hydrogens (tertiary/aromatic N) is 1. The normalized spacial score (nSPS) is 11.9. The fourth-order valence-corrected chi connectivity index (χ4v) is 3.59. The lowest BCUT2D eigenvalue weighted by Crippen LogP contribution is -2.18. The van der Waals surface area contributed by atoms with Crippen LogP contribution in [0.15, 0.2) is 58.3 Å². The van der Waals surface area contributed by atoms with Crippen LogP contribution in [0.1, 0.15) is 0 Å². The summed E-state index contributed by atoms with van der Waals surface area (Å²) in [6.45, 7) is 0. The molecule has 0 radical (unpaired) electrons. The summed E-state index contributed by atoms with van der Waals surface area (Å²) < 4.78 is 49.5. The molecule has 0 fully saturated rings. The van der Waals surface area contributed by atoms with E-state index in [1.54, 1.807) is 0 Å². The summed E-state index contributed by atoms with van der Waals surface area (Å²) in [6.07, 6.45) is 0. The molecule has 3 N–H and O–H groups in total. The number of primary sulfonamides is 1. The van der Waals surface area contributed by atoms with Crippen LogP contribution in [-0.2, 0) is 20.0 Å². The maximum Gasteiger partial charge on any atom is 0.269 e. The number of hydrogen-bond donors (Lipinski definition) is 2. The summed E-state index contributed by atoms with van der Waals surface area (Å²) >= 11 is 0. The van der Waals surface area contributed by atoms with Crippen molar-refractivity contribution in [3.63, 3.8) is 0 Å². The van der Waals surface area contributed by atoms with E-state index in [0.29, 0.717) is 0 Å². The molecule has 0 unspecified atom stereocenters. The van der Waals surface area contributed by atoms with Gasteiger partial charge in [-0.05, 0) is 24.3 Å². The van der Waals surface area contributed by atoms with Crippen molar-refractivity contribution in [3.8, 4) is 0 Å². The molecule has 0 aliphatic carbocycles. The number of nitro benzene ring substituents is 1. The molecule has 2 aromatic rings. The van der Waals surface area contributed by atoms with Crippen molar-refractivity contribution in [2.24, 2.45) is 5.14 Å². The Morgan fingerprint density at radius 3 is 2.04 bits per heavy atom. The topological polar surface area (TPSA) is 149 Å². The van der Waals surface area contributed by atoms with Crippen molar-refractivity contribution in [2.75, 3.05) is 4.72 Å². The molecule has 122 valence electrons. The number of hydrogen-bond acceptors (Lipinski definition) is 6. The third kappa shape index (κ3) is 3.83. The number of anilines is 1. The summed E-state index contributed by atoms with van der Waals surface area (Å²) in [7, 11) is -8.25. The van der Waals surface area contributed by atoms with Crippen LogP contribution in [0.2, 0.25) is 0 Å². The number of rotatable bonds is 5. The quantitative estimate of drug-likeness (QED) is 0.603. The van der Waals surface area contributed by atoms with Crippen LogP contribution in [0.4, 0.5) is 11.4 Å². The zero-order valence-corrected chi connectivity index (χ0v) is 13.0. The van der Waals surface area contributed by atoms with Gasteiger partial charge in [0.15, 0.2) is 0 Å². The van der Waals surface area contributed by atoms with Crippen molar-refractivity contribution in [3.05, 3.63) is 58.6 Å². The average molecular weight is 357 g/mol. The first-order valence-corrected chi connectivity index (χ1v) is 9.03. The first kappa shape index (κ1) is 16.9. The van der Waals surface area contributed by atoms with Gasteiger partial charge in [-0.25, -0.2) is 22.0 Å². The highest BCUT2D eigenvalue weighted by molar-refractivity contribution is 7.93. The summed E-state index contributed by atoms with van der Waals surface area (Å²) in [5.74, 6) is 0. The second-order valence-electron chi connectivity index (χ2n) is 4.40. The molecule has 0 aromatic heterocycles. The van der Waals surface area contributed by atoms with Gasteiger partial charge >= 0.3 is 0 Å². The van der Waals surface area contributed by atoms with Gasteiger partial charge in [0.2, 0.25) is 10.0 Å². The maximum absolute atomic E-state index is 12.2. The molecule has 0 saturated heterocycles. The molecular formula is C12H11N3O6S2. The van der Waals surface area contributed by atoms with E-state index in [2.05, 4.69) is 4.72 Å². The average Bonchev–Trinajstić information content (AvgIpc) is 2.46. The van der Waals surface area contributed by atoms with Crippen molar-refractivity contribution in [1.82, 2.24) is 0 Å². The Bertz CT molecular complexity index is 953. The third-order valence-corrected chi connectivity index (χ3v) is 5.15. The smallest absolute Gasteiger partial charge is 0.269 e. The Balaban J connectivity index is 2.42. The highest BCUT2D eigenvalue weighted by Crippen LogP contribution is 2.24. The van der Waals surface area contributed by atoms with Crippen LogP contribution in [0.25, 0.3) is 0 Å². The molecular weight excluding hydrogens is 346 g/mol. The number of sulfonamides is 2. The lowest BCUT2D eigenvalue weighted by Gasteiger charge is -2.11. The van der Waals surface area contributed by atoms with Crippen LogP contribution in [0.5, 0.6) is 0 Å². The first-order chi connectivity index (χ1) is 10.6. The zero-order chi connectivity index (χ0) is 17.3. The van der Waals surface area contributed by atoms with E-state index < -0.39 is 25.0 Å². The number of nitrogens with one attached hydrogen (secondary N) is 1. The van der Waals surface area contributed by atoms with Crippen molar-refractivity contribution < 1.29 is 21.8 Å². The molecule has 2 aromatic carbocycles. The van der Waals surface area contributed by atoms with E-state index in [1.165, 1.54) is 18.2 Å². The van der Waals surface area contributed by atoms with Crippen LogP contribution in [0.3, 0.4) is 0 Å². The number of nitrogens with two attached hydrogens (primary N) is 1. The van der Waals surface area contributed by atoms with Gasteiger partial charge in [0, 0.05) is 12.1 Å². The fourth-order valence-electron chi connectivity index (χ4n) is 1.75. The van der Waals surface area contributed by atoms with Gasteiger partial charge in [-0.15, -0.1) is 0 Å². The molecule has 0 amide bonds. The second kappa shape index (κ2) is 5.95. The molecule has 0 atom stereocenters. The molecule has 0 saturated carbocycles. The summed E-state index contributed by atoms with van der Waals surface area (Å²) in [6, 6.07) is 9.36. The molecule has 0 spiro atoms. The Morgan fingerprint density at radius 1 is 0.957 bits per heavy atom. The van der Waals surface area contributed by atoms with Crippen LogP contribution in [0, 0.1) is 10.1 Å². The maximum atomic E-state index is 12.2. The van der Waals surface area contributed by atoms with Crippen LogP contribution >= 0.6 is 0 Å². The lowest BCUT2D eigenvalue weighted by molar-refractivity contribution is -0.384. The highest BCUT2D eigenvalue weighted by atomic mass is 32.2. The van der Waals surface area contributed by atoms with E-state index in [-0.39, 0.29) is 21.2 Å². The van der Waals surface area contributed by atoms with Gasteiger partial charge in [0.25, 0.3) is 15.7 Å². The standard InChI is InChI=1S/C12H11N3O6S2/c13-22(18,19)12-4-2-1-3-11(12)14-23(20,21)10-7-5-9(6-8-10)15(16)17/h1-8,14H,(H2,13,18,19). The Labute approximate surface area is 132 Å². The largest absolute Gasteiger partial charge is 0.278 e. The van der Waals surface area contributed by atoms with Crippen LogP contribution in [-0.4, -0.2) is 21.8 Å². The number of nitro groups is 1. The molecule has 11 heteroatoms. The number of benzene rings is 2. The second-order valence-corrected chi connectivity index (χ2v) is 7.61. The van der Waals surface area contributed by atoms with Crippen molar-refractivity contribution in [2.45, 2.75) is 9.79 Å². The summed E-state index contributed by atoms with van der Waals surface area (Å²) in [4.78, 5) is 9.26. The minimum atomic E-state index is -4.13. The molecule has 0 aliphatic rings. The Morgan fingerprint density at radius 2 is 1.52 bits per heavy atom. The zero-order valence-electron chi connectivity index (χ0n) is 11.4. The van der Waals surface area contributed by atoms with Crippen LogP contribution < -0.4 is 9.86 Å². The lowest BCUT2D eigenvalue weighted by atomic mass is 10.3. The minimum absolute atomic E-state index is 0.214. The fraction of sp³-hybridized carbons (Fsp3) is 0. The Kier molecular flexibility index (Phi) is 4.36. The summed E-state index contributed by atoms with van der Waals surface area (Å²) in [5, 5.41) is 15.6. The molecule has 9 nitrogen and oxygen atoms in total. The number of para-hydroxylation sites is 1. The van der Waals surface area contributed by atoms with Gasteiger partial charge in [-0.3, -0.25) is 14.8 Å². The third-order valence-electron chi connectivity index (χ3n) is 2.80. The number of non-ortho nitro benzene ring substituents is 1. The highest BCUT2D eigenvalue weighted by Gasteiger charge is 2.20. The molecule has 2 rings (SSSR count). The first-order valence-electron chi connectivity index (χ1n) is 6.00. The van der Waals surface area contributed by atoms with Gasteiger partial charge in [-0.2, -0.15) is 0 Å². The van der Waals surface area contributed by atoms with E-state index in [4.69, 9.17) is 5.14 Å². The predicted molar refractivity (Wildman–Crippen MR) is 81.7 cm³/mol. The van der Waals surface area contributed by atoms with E-state index >= 15 is 0 Å². The van der Waals surface area contributed by atoms with E-state index in [1.807, 2.05) is 0 Å². The Hall–Kier alpha value is -2.50. The molecule has 0 aliphatic heterocycles. The molecule has 0 heterocycles. The van der Waals surface area contributed by atoms with E-state index in [9.17, 15) is 26.9 Å². The SMILES string of the molecule is NS(=O)(=O)c1ccccc1NS(=O)(=O)c1ccc([N+](=O)[O-])cc1. The van der Waals surface area contributed by atoms with Crippen molar-refractivity contribution >= 4 is 31.4 Å². The van der Waals surface area contributed by atoms with Crippen molar-refractivity contribution in [1.29, 1.82) is 0 Å². The van der Waals surface area contributed by atoms with Gasteiger partial charge in [0.05, 0.1) is 15.5 Å². The van der Waals surface area contributed by atoms with Gasteiger partial charge in [0.1, 0.15) is 4.90 Å². The van der Waals surface area contributed by atoms with Gasteiger partial charge in [-0.1, -0.05) is 12.1 Å². The van der Waals surface area contributed by atoms with E-state index in [0.717, 1.165) is 30.3 Å². The molecule has 0 bridgehead atoms. The molecule has 23 heavy (non-hydrogen) atoms. The minimum Gasteiger partial charge on any atom is -0.278 e. The van der Waals surface area contributed by atoms with Gasteiger partial charge < -0.3 is 0 Å². The summed E-state index contributed by atoms with van der Waals surface area (Å²) in [5.41, 5.74) is -0.484.